The van der Waals surface area contributed by atoms with Crippen LogP contribution in [0.25, 0.3) is 17.5 Å². The number of anilines is 1. The summed E-state index contributed by atoms with van der Waals surface area (Å²) in [6, 6.07) is 13.7. The lowest BCUT2D eigenvalue weighted by atomic mass is 10.2. The molecule has 0 aliphatic carbocycles. The Hall–Kier alpha value is -4.01. The summed E-state index contributed by atoms with van der Waals surface area (Å²) >= 11 is 0. The van der Waals surface area contributed by atoms with Gasteiger partial charge >= 0.3 is 0 Å². The van der Waals surface area contributed by atoms with Crippen LogP contribution in [0.2, 0.25) is 0 Å². The van der Waals surface area contributed by atoms with Crippen LogP contribution in [-0.4, -0.2) is 45.2 Å². The third-order valence-corrected chi connectivity index (χ3v) is 4.30. The maximum atomic E-state index is 12.4. The van der Waals surface area contributed by atoms with Crippen molar-refractivity contribution in [2.24, 2.45) is 7.05 Å². The first-order valence-corrected chi connectivity index (χ1v) is 9.22. The molecule has 9 nitrogen and oxygen atoms in total. The fraction of sp³-hybridized carbons (Fsp3) is 0.190. The lowest BCUT2D eigenvalue weighted by Crippen LogP contribution is -2.40. The molecule has 2 N–H and O–H groups in total. The maximum Gasteiger partial charge on any atom is 0.246 e. The molecule has 9 heteroatoms. The quantitative estimate of drug-likeness (QED) is 0.581. The molecule has 0 bridgehead atoms. The molecule has 1 unspecified atom stereocenters. The lowest BCUT2D eigenvalue weighted by molar-refractivity contribution is -0.123. The van der Waals surface area contributed by atoms with Gasteiger partial charge in [-0.2, -0.15) is 0 Å². The van der Waals surface area contributed by atoms with Gasteiger partial charge in [-0.15, -0.1) is 5.10 Å². The Morgan fingerprint density at radius 2 is 1.93 bits per heavy atom. The minimum absolute atomic E-state index is 0.338. The van der Waals surface area contributed by atoms with E-state index in [9.17, 15) is 9.59 Å². The summed E-state index contributed by atoms with van der Waals surface area (Å²) < 4.78 is 6.64. The Balaban J connectivity index is 1.57. The number of ether oxygens (including phenoxy) is 1. The molecule has 0 fully saturated rings. The number of carbonyl (C=O) groups is 2. The second-order valence-corrected chi connectivity index (χ2v) is 6.53. The van der Waals surface area contributed by atoms with Gasteiger partial charge in [0.15, 0.2) is 5.82 Å². The number of amides is 2. The zero-order valence-corrected chi connectivity index (χ0v) is 16.9. The van der Waals surface area contributed by atoms with E-state index < -0.39 is 6.04 Å². The Morgan fingerprint density at radius 1 is 1.17 bits per heavy atom. The van der Waals surface area contributed by atoms with Crippen molar-refractivity contribution in [3.8, 4) is 17.1 Å². The van der Waals surface area contributed by atoms with E-state index in [1.165, 1.54) is 6.08 Å². The molecule has 154 valence electrons. The molecule has 0 saturated heterocycles. The van der Waals surface area contributed by atoms with Gasteiger partial charge in [-0.3, -0.25) is 9.59 Å². The second kappa shape index (κ2) is 9.46. The molecule has 3 aromatic rings. The summed E-state index contributed by atoms with van der Waals surface area (Å²) in [7, 11) is 3.33. The molecular formula is C21H22N6O3. The van der Waals surface area contributed by atoms with Crippen molar-refractivity contribution in [1.82, 2.24) is 25.5 Å². The predicted octanol–water partition coefficient (Wildman–Crippen LogP) is 2.04. The van der Waals surface area contributed by atoms with Gasteiger partial charge in [-0.05, 0) is 53.3 Å². The standard InChI is InChI=1S/C21H22N6O3/c1-14(22-19(28)12-9-15-7-10-18(30-3)11-8-15)21(29)23-17-6-4-5-16(13-17)20-24-25-26-27(20)2/h4-14H,1-3H3,(H,22,28)(H,23,29)/b12-9+. The average molecular weight is 406 g/mol. The van der Waals surface area contributed by atoms with Crippen LogP contribution >= 0.6 is 0 Å². The SMILES string of the molecule is COc1ccc(/C=C/C(=O)NC(C)C(=O)Nc2cccc(-c3nnnn3C)c2)cc1. The minimum Gasteiger partial charge on any atom is -0.497 e. The van der Waals surface area contributed by atoms with Crippen LogP contribution in [0.1, 0.15) is 12.5 Å². The topological polar surface area (TPSA) is 111 Å². The number of tetrazole rings is 1. The van der Waals surface area contributed by atoms with Crippen molar-refractivity contribution in [2.75, 3.05) is 12.4 Å². The molecule has 1 aromatic heterocycles. The first kappa shape index (κ1) is 20.7. The highest BCUT2D eigenvalue weighted by atomic mass is 16.5. The van der Waals surface area contributed by atoms with E-state index in [1.807, 2.05) is 18.2 Å². The van der Waals surface area contributed by atoms with Crippen LogP contribution in [0, 0.1) is 0 Å². The number of hydrogen-bond donors (Lipinski definition) is 2. The molecule has 0 saturated carbocycles. The highest BCUT2D eigenvalue weighted by molar-refractivity contribution is 6.00. The molecule has 2 amide bonds. The minimum atomic E-state index is -0.724. The molecule has 1 heterocycles. The summed E-state index contributed by atoms with van der Waals surface area (Å²) in [6.45, 7) is 1.62. The second-order valence-electron chi connectivity index (χ2n) is 6.53. The van der Waals surface area contributed by atoms with Gasteiger partial charge in [0.05, 0.1) is 7.11 Å². The van der Waals surface area contributed by atoms with E-state index in [-0.39, 0.29) is 11.8 Å². The van der Waals surface area contributed by atoms with Crippen LogP contribution in [-0.2, 0) is 16.6 Å². The van der Waals surface area contributed by atoms with E-state index in [0.29, 0.717) is 11.5 Å². The number of rotatable bonds is 7. The Kier molecular flexibility index (Phi) is 6.53. The zero-order valence-electron chi connectivity index (χ0n) is 16.9. The van der Waals surface area contributed by atoms with Gasteiger partial charge in [0.2, 0.25) is 11.8 Å². The molecule has 0 radical (unpaired) electrons. The number of methoxy groups -OCH3 is 1. The first-order valence-electron chi connectivity index (χ1n) is 9.22. The van der Waals surface area contributed by atoms with Crippen molar-refractivity contribution in [1.29, 1.82) is 0 Å². The van der Waals surface area contributed by atoms with Crippen molar-refractivity contribution < 1.29 is 14.3 Å². The third kappa shape index (κ3) is 5.28. The number of hydrogen-bond acceptors (Lipinski definition) is 6. The zero-order chi connectivity index (χ0) is 21.5. The number of carbonyl (C=O) groups excluding carboxylic acids is 2. The normalized spacial score (nSPS) is 11.8. The van der Waals surface area contributed by atoms with Crippen molar-refractivity contribution in [3.63, 3.8) is 0 Å². The highest BCUT2D eigenvalue weighted by Crippen LogP contribution is 2.19. The van der Waals surface area contributed by atoms with E-state index in [0.717, 1.165) is 16.9 Å². The molecule has 0 spiro atoms. The third-order valence-electron chi connectivity index (χ3n) is 4.30. The van der Waals surface area contributed by atoms with Crippen molar-refractivity contribution >= 4 is 23.6 Å². The summed E-state index contributed by atoms with van der Waals surface area (Å²) in [6.07, 6.45) is 3.05. The monoisotopic (exact) mass is 406 g/mol. The van der Waals surface area contributed by atoms with Crippen LogP contribution in [0.3, 0.4) is 0 Å². The average Bonchev–Trinajstić information content (AvgIpc) is 3.18. The fourth-order valence-electron chi connectivity index (χ4n) is 2.67. The number of nitrogens with zero attached hydrogens (tertiary/aromatic N) is 4. The summed E-state index contributed by atoms with van der Waals surface area (Å²) in [5.41, 5.74) is 2.19. The van der Waals surface area contributed by atoms with E-state index in [2.05, 4.69) is 26.2 Å². The Morgan fingerprint density at radius 3 is 2.60 bits per heavy atom. The van der Waals surface area contributed by atoms with E-state index in [4.69, 9.17) is 4.74 Å². The summed E-state index contributed by atoms with van der Waals surface area (Å²) in [5, 5.41) is 16.8. The predicted molar refractivity (Wildman–Crippen MR) is 112 cm³/mol. The molecule has 0 aliphatic rings. The van der Waals surface area contributed by atoms with Gasteiger partial charge in [0, 0.05) is 24.4 Å². The molecule has 0 aliphatic heterocycles. The van der Waals surface area contributed by atoms with Crippen LogP contribution in [0.15, 0.2) is 54.6 Å². The van der Waals surface area contributed by atoms with Gasteiger partial charge in [-0.1, -0.05) is 24.3 Å². The number of nitrogens with one attached hydrogen (secondary N) is 2. The number of aryl methyl sites for hydroxylation is 1. The maximum absolute atomic E-state index is 12.4. The van der Waals surface area contributed by atoms with E-state index in [1.54, 1.807) is 62.2 Å². The van der Waals surface area contributed by atoms with Gasteiger partial charge in [0.1, 0.15) is 11.8 Å². The molecule has 30 heavy (non-hydrogen) atoms. The largest absolute Gasteiger partial charge is 0.497 e. The van der Waals surface area contributed by atoms with E-state index >= 15 is 0 Å². The molecular weight excluding hydrogens is 384 g/mol. The van der Waals surface area contributed by atoms with Crippen molar-refractivity contribution in [2.45, 2.75) is 13.0 Å². The molecule has 1 atom stereocenters. The Labute approximate surface area is 173 Å². The number of aromatic nitrogens is 4. The summed E-state index contributed by atoms with van der Waals surface area (Å²) in [4.78, 5) is 24.6. The summed E-state index contributed by atoms with van der Waals surface area (Å²) in [5.74, 6) is 0.610. The fourth-order valence-corrected chi connectivity index (χ4v) is 2.67. The molecule has 3 rings (SSSR count). The van der Waals surface area contributed by atoms with Crippen LogP contribution < -0.4 is 15.4 Å². The van der Waals surface area contributed by atoms with Gasteiger partial charge in [-0.25, -0.2) is 4.68 Å². The molecule has 2 aromatic carbocycles. The van der Waals surface area contributed by atoms with Gasteiger partial charge < -0.3 is 15.4 Å². The van der Waals surface area contributed by atoms with Crippen molar-refractivity contribution in [3.05, 3.63) is 60.2 Å². The lowest BCUT2D eigenvalue weighted by Gasteiger charge is -2.13. The first-order chi connectivity index (χ1) is 14.5. The van der Waals surface area contributed by atoms with Crippen LogP contribution in [0.4, 0.5) is 5.69 Å². The number of benzene rings is 2. The highest BCUT2D eigenvalue weighted by Gasteiger charge is 2.15. The van der Waals surface area contributed by atoms with Crippen LogP contribution in [0.5, 0.6) is 5.75 Å². The smallest absolute Gasteiger partial charge is 0.246 e. The van der Waals surface area contributed by atoms with Gasteiger partial charge in [0.25, 0.3) is 0 Å². The Bertz CT molecular complexity index is 1060.